The first-order chi connectivity index (χ1) is 17.4. The van der Waals surface area contributed by atoms with Crippen molar-refractivity contribution in [2.45, 2.75) is 19.9 Å². The van der Waals surface area contributed by atoms with Gasteiger partial charge in [-0.2, -0.15) is 4.98 Å². The molecule has 0 spiro atoms. The highest BCUT2D eigenvalue weighted by molar-refractivity contribution is 6.01. The summed E-state index contributed by atoms with van der Waals surface area (Å²) in [6.07, 6.45) is 0. The van der Waals surface area contributed by atoms with Crippen molar-refractivity contribution in [3.8, 4) is 22.9 Å². The SMILES string of the molecule is COc1ccc(C2NC(=O)N(c3ccc(F)cc3)C(C)=C2c2nc(-c3ccc(C)cc3)no2)cc1O. The molecule has 36 heavy (non-hydrogen) atoms. The van der Waals surface area contributed by atoms with Gasteiger partial charge in [-0.05, 0) is 55.8 Å². The number of carbonyl (C=O) groups excluding carboxylic acids is 1. The van der Waals surface area contributed by atoms with Gasteiger partial charge >= 0.3 is 6.03 Å². The summed E-state index contributed by atoms with van der Waals surface area (Å²) in [5.41, 5.74) is 4.00. The number of aromatic nitrogens is 2. The van der Waals surface area contributed by atoms with Crippen LogP contribution in [0.4, 0.5) is 14.9 Å². The number of amides is 2. The Balaban J connectivity index is 1.65. The van der Waals surface area contributed by atoms with Crippen molar-refractivity contribution >= 4 is 17.3 Å². The number of hydrogen-bond donors (Lipinski definition) is 2. The van der Waals surface area contributed by atoms with Crippen LogP contribution in [0.2, 0.25) is 0 Å². The van der Waals surface area contributed by atoms with Crippen LogP contribution in [0.5, 0.6) is 11.5 Å². The quantitative estimate of drug-likeness (QED) is 0.381. The number of ether oxygens (including phenoxy) is 1. The third-order valence-corrected chi connectivity index (χ3v) is 6.07. The van der Waals surface area contributed by atoms with Crippen molar-refractivity contribution in [1.82, 2.24) is 15.5 Å². The molecule has 1 aliphatic rings. The fraction of sp³-hybridized carbons (Fsp3) is 0.148. The number of allylic oxidation sites excluding steroid dienone is 1. The van der Waals surface area contributed by atoms with Crippen LogP contribution in [-0.4, -0.2) is 28.4 Å². The van der Waals surface area contributed by atoms with Crippen molar-refractivity contribution in [1.29, 1.82) is 0 Å². The Bertz CT molecular complexity index is 1460. The molecular formula is C27H23FN4O4. The summed E-state index contributed by atoms with van der Waals surface area (Å²) < 4.78 is 24.4. The third kappa shape index (κ3) is 4.15. The topological polar surface area (TPSA) is 101 Å². The first-order valence-electron chi connectivity index (χ1n) is 11.2. The summed E-state index contributed by atoms with van der Waals surface area (Å²) in [5, 5.41) is 17.5. The third-order valence-electron chi connectivity index (χ3n) is 6.07. The highest BCUT2D eigenvalue weighted by atomic mass is 19.1. The Morgan fingerprint density at radius 2 is 1.78 bits per heavy atom. The van der Waals surface area contributed by atoms with Gasteiger partial charge in [0.2, 0.25) is 5.82 Å². The molecule has 2 amide bonds. The number of carbonyl (C=O) groups is 1. The number of nitrogens with zero attached hydrogens (tertiary/aromatic N) is 3. The second-order valence-corrected chi connectivity index (χ2v) is 8.41. The zero-order valence-electron chi connectivity index (χ0n) is 19.8. The lowest BCUT2D eigenvalue weighted by atomic mass is 9.94. The monoisotopic (exact) mass is 486 g/mol. The van der Waals surface area contributed by atoms with Gasteiger partial charge in [-0.25, -0.2) is 9.18 Å². The lowest BCUT2D eigenvalue weighted by molar-refractivity contribution is 0.244. The summed E-state index contributed by atoms with van der Waals surface area (Å²) in [6.45, 7) is 3.74. The minimum absolute atomic E-state index is 0.0758. The minimum Gasteiger partial charge on any atom is -0.504 e. The van der Waals surface area contributed by atoms with Gasteiger partial charge in [0, 0.05) is 11.3 Å². The zero-order chi connectivity index (χ0) is 25.4. The summed E-state index contributed by atoms with van der Waals surface area (Å²) in [7, 11) is 1.46. The van der Waals surface area contributed by atoms with Gasteiger partial charge in [0.15, 0.2) is 11.5 Å². The number of methoxy groups -OCH3 is 1. The second-order valence-electron chi connectivity index (χ2n) is 8.41. The fourth-order valence-electron chi connectivity index (χ4n) is 4.21. The number of nitrogens with one attached hydrogen (secondary N) is 1. The maximum absolute atomic E-state index is 13.6. The van der Waals surface area contributed by atoms with Gasteiger partial charge in [0.25, 0.3) is 5.89 Å². The molecule has 4 aromatic rings. The number of hydrogen-bond acceptors (Lipinski definition) is 6. The molecule has 1 unspecified atom stereocenters. The minimum atomic E-state index is -0.711. The molecule has 3 aromatic carbocycles. The Labute approximate surface area is 206 Å². The average Bonchev–Trinajstić information content (AvgIpc) is 3.35. The van der Waals surface area contributed by atoms with Crippen molar-refractivity contribution in [3.63, 3.8) is 0 Å². The first kappa shape index (κ1) is 23.1. The van der Waals surface area contributed by atoms with Crippen molar-refractivity contribution < 1.29 is 23.6 Å². The Morgan fingerprint density at radius 1 is 1.06 bits per heavy atom. The van der Waals surface area contributed by atoms with Crippen LogP contribution < -0.4 is 15.0 Å². The van der Waals surface area contributed by atoms with Gasteiger partial charge in [0.05, 0.1) is 24.4 Å². The molecule has 2 N–H and O–H groups in total. The summed E-state index contributed by atoms with van der Waals surface area (Å²) in [5.74, 6) is 0.412. The number of aromatic hydroxyl groups is 1. The van der Waals surface area contributed by atoms with Gasteiger partial charge in [-0.15, -0.1) is 0 Å². The van der Waals surface area contributed by atoms with E-state index in [2.05, 4.69) is 15.5 Å². The fourth-order valence-corrected chi connectivity index (χ4v) is 4.21. The first-order valence-corrected chi connectivity index (χ1v) is 11.2. The number of benzene rings is 3. The van der Waals surface area contributed by atoms with Gasteiger partial charge in [-0.1, -0.05) is 41.1 Å². The molecule has 2 heterocycles. The Kier molecular flexibility index (Phi) is 5.89. The lowest BCUT2D eigenvalue weighted by Gasteiger charge is -2.35. The predicted octanol–water partition coefficient (Wildman–Crippen LogP) is 5.60. The van der Waals surface area contributed by atoms with E-state index in [0.717, 1.165) is 11.1 Å². The number of anilines is 1. The number of rotatable bonds is 5. The van der Waals surface area contributed by atoms with E-state index in [9.17, 15) is 14.3 Å². The van der Waals surface area contributed by atoms with Crippen LogP contribution >= 0.6 is 0 Å². The van der Waals surface area contributed by atoms with Gasteiger partial charge in [-0.3, -0.25) is 4.90 Å². The van der Waals surface area contributed by atoms with Crippen LogP contribution in [0.1, 0.15) is 30.0 Å². The number of phenolic OH excluding ortho intramolecular Hbond substituents is 1. The molecule has 8 nitrogen and oxygen atoms in total. The number of aryl methyl sites for hydroxylation is 1. The van der Waals surface area contributed by atoms with Crippen LogP contribution in [0, 0.1) is 12.7 Å². The van der Waals surface area contributed by atoms with E-state index in [1.54, 1.807) is 19.1 Å². The molecule has 0 radical (unpaired) electrons. The molecule has 182 valence electrons. The lowest BCUT2D eigenvalue weighted by Crippen LogP contribution is -2.46. The molecular weight excluding hydrogens is 463 g/mol. The van der Waals surface area contributed by atoms with Gasteiger partial charge < -0.3 is 19.7 Å². The Hall–Kier alpha value is -4.66. The second kappa shape index (κ2) is 9.18. The average molecular weight is 487 g/mol. The number of halogens is 1. The molecule has 0 fully saturated rings. The van der Waals surface area contributed by atoms with E-state index in [4.69, 9.17) is 9.26 Å². The van der Waals surface area contributed by atoms with Crippen LogP contribution in [-0.2, 0) is 0 Å². The van der Waals surface area contributed by atoms with Crippen LogP contribution in [0.3, 0.4) is 0 Å². The normalized spacial score (nSPS) is 15.7. The van der Waals surface area contributed by atoms with Crippen molar-refractivity contribution in [3.05, 3.63) is 95.3 Å². The largest absolute Gasteiger partial charge is 0.504 e. The molecule has 0 saturated carbocycles. The van der Waals surface area contributed by atoms with Crippen molar-refractivity contribution in [2.75, 3.05) is 12.0 Å². The highest BCUT2D eigenvalue weighted by Gasteiger charge is 2.37. The Morgan fingerprint density at radius 3 is 2.44 bits per heavy atom. The van der Waals surface area contributed by atoms with Crippen LogP contribution in [0.15, 0.2) is 77.0 Å². The summed E-state index contributed by atoms with van der Waals surface area (Å²) in [6, 6.07) is 17.0. The maximum atomic E-state index is 13.6. The van der Waals surface area contributed by atoms with Crippen LogP contribution in [0.25, 0.3) is 17.0 Å². The van der Waals surface area contributed by atoms with E-state index < -0.39 is 17.9 Å². The van der Waals surface area contributed by atoms with E-state index in [1.807, 2.05) is 31.2 Å². The molecule has 0 aliphatic carbocycles. The predicted molar refractivity (Wildman–Crippen MR) is 132 cm³/mol. The molecule has 1 atom stereocenters. The smallest absolute Gasteiger partial charge is 0.326 e. The van der Waals surface area contributed by atoms with E-state index in [1.165, 1.54) is 42.3 Å². The summed E-state index contributed by atoms with van der Waals surface area (Å²) >= 11 is 0. The zero-order valence-corrected chi connectivity index (χ0v) is 19.8. The number of phenols is 1. The van der Waals surface area contributed by atoms with E-state index >= 15 is 0 Å². The molecule has 1 aliphatic heterocycles. The molecule has 5 rings (SSSR count). The molecule has 9 heteroatoms. The van der Waals surface area contributed by atoms with Gasteiger partial charge in [0.1, 0.15) is 5.82 Å². The molecule has 0 bridgehead atoms. The van der Waals surface area contributed by atoms with E-state index in [-0.39, 0.29) is 11.6 Å². The standard InChI is InChI=1S/C27H23FN4O4/c1-15-4-6-17(7-5-15)25-30-26(36-31-25)23-16(2)32(20-11-9-19(28)10-12-20)27(34)29-24(23)18-8-13-22(35-3)21(33)14-18/h4-14,24,33H,1-3H3,(H,29,34). The molecule has 1 aromatic heterocycles. The van der Waals surface area contributed by atoms with Crippen molar-refractivity contribution in [2.24, 2.45) is 0 Å². The molecule has 0 saturated heterocycles. The highest BCUT2D eigenvalue weighted by Crippen LogP contribution is 2.41. The number of urea groups is 1. The van der Waals surface area contributed by atoms with E-state index in [0.29, 0.717) is 34.1 Å². The maximum Gasteiger partial charge on any atom is 0.326 e. The summed E-state index contributed by atoms with van der Waals surface area (Å²) in [4.78, 5) is 19.3.